The molecule has 0 amide bonds. The number of carbonyl (C=O) groups is 1. The first-order valence-corrected chi connectivity index (χ1v) is 2.73. The summed E-state index contributed by atoms with van der Waals surface area (Å²) < 4.78 is 0. The van der Waals surface area contributed by atoms with Crippen LogP contribution in [0.25, 0.3) is 0 Å². The first-order chi connectivity index (χ1) is 4.83. The Hall–Kier alpha value is -1.63. The molecule has 0 aliphatic rings. The van der Waals surface area contributed by atoms with Crippen LogP contribution in [0.3, 0.4) is 0 Å². The molecule has 0 unspecified atom stereocenters. The van der Waals surface area contributed by atoms with E-state index >= 15 is 0 Å². The van der Waals surface area contributed by atoms with Crippen LogP contribution in [0.1, 0.15) is 5.69 Å². The van der Waals surface area contributed by atoms with Gasteiger partial charge >= 0.3 is 0 Å². The summed E-state index contributed by atoms with van der Waals surface area (Å²) >= 11 is 0. The maximum Gasteiger partial charge on any atom is 0.237 e. The Balaban J connectivity index is 2.59. The zero-order valence-electron chi connectivity index (χ0n) is 5.16. The van der Waals surface area contributed by atoms with E-state index in [1.807, 2.05) is 0 Å². The van der Waals surface area contributed by atoms with E-state index in [1.165, 1.54) is 18.6 Å². The second-order valence-corrected chi connectivity index (χ2v) is 1.79. The second kappa shape index (κ2) is 2.78. The smallest absolute Gasteiger partial charge is 0.237 e. The van der Waals surface area contributed by atoms with E-state index in [0.717, 1.165) is 0 Å². The van der Waals surface area contributed by atoms with E-state index in [9.17, 15) is 4.79 Å². The topological polar surface area (TPSA) is 69.5 Å². The fourth-order valence-corrected chi connectivity index (χ4v) is 0.594. The lowest BCUT2D eigenvalue weighted by atomic mass is 10.2. The first-order valence-electron chi connectivity index (χ1n) is 2.73. The maximum absolute atomic E-state index is 10.5. The molecule has 0 spiro atoms. The number of aromatic nitrogens is 2. The summed E-state index contributed by atoms with van der Waals surface area (Å²) in [5, 5.41) is 8.10. The Bertz CT molecular complexity index is 257. The molecule has 4 heteroatoms. The normalized spacial score (nSPS) is 8.70. The van der Waals surface area contributed by atoms with Gasteiger partial charge in [0, 0.05) is 11.9 Å². The minimum Gasteiger partial charge on any atom is -0.348 e. The number of nitriles is 1. The van der Waals surface area contributed by atoms with Gasteiger partial charge in [-0.25, -0.2) is 4.98 Å². The highest BCUT2D eigenvalue weighted by Crippen LogP contribution is 1.91. The lowest BCUT2D eigenvalue weighted by Crippen LogP contribution is -1.98. The molecule has 1 aromatic heterocycles. The van der Waals surface area contributed by atoms with Gasteiger partial charge in [0.1, 0.15) is 6.07 Å². The van der Waals surface area contributed by atoms with Crippen molar-refractivity contribution in [3.8, 4) is 6.07 Å². The van der Waals surface area contributed by atoms with Gasteiger partial charge in [-0.3, -0.25) is 4.79 Å². The molecule has 1 N–H and O–H groups in total. The van der Waals surface area contributed by atoms with Crippen LogP contribution in [-0.4, -0.2) is 15.8 Å². The molecule has 1 heterocycles. The van der Waals surface area contributed by atoms with Gasteiger partial charge in [-0.1, -0.05) is 0 Å². The predicted molar refractivity (Wildman–Crippen MR) is 32.9 cm³/mol. The lowest BCUT2D eigenvalue weighted by Gasteiger charge is -1.84. The third-order valence-corrected chi connectivity index (χ3v) is 1.03. The highest BCUT2D eigenvalue weighted by Gasteiger charge is 2.00. The van der Waals surface area contributed by atoms with Crippen LogP contribution in [0.5, 0.6) is 0 Å². The summed E-state index contributed by atoms with van der Waals surface area (Å²) in [6.45, 7) is 0. The van der Waals surface area contributed by atoms with E-state index in [4.69, 9.17) is 5.26 Å². The van der Waals surface area contributed by atoms with Crippen molar-refractivity contribution in [1.29, 1.82) is 5.26 Å². The van der Waals surface area contributed by atoms with E-state index < -0.39 is 5.78 Å². The number of aromatic amines is 1. The van der Waals surface area contributed by atoms with Crippen LogP contribution in [0.4, 0.5) is 0 Å². The predicted octanol–water partition coefficient (Wildman–Crippen LogP) is 0.0449. The van der Waals surface area contributed by atoms with Crippen molar-refractivity contribution in [3.63, 3.8) is 0 Å². The van der Waals surface area contributed by atoms with E-state index in [1.54, 1.807) is 0 Å². The molecular formula is C6H5N3O. The first kappa shape index (κ1) is 6.49. The van der Waals surface area contributed by atoms with Crippen molar-refractivity contribution in [1.82, 2.24) is 9.97 Å². The minimum atomic E-state index is -0.454. The fourth-order valence-electron chi connectivity index (χ4n) is 0.594. The Labute approximate surface area is 57.5 Å². The number of carbonyl (C=O) groups excluding carboxylic acids is 1. The molecule has 10 heavy (non-hydrogen) atoms. The molecule has 1 rings (SSSR count). The summed E-state index contributed by atoms with van der Waals surface area (Å²) in [5.74, 6) is -0.454. The Morgan fingerprint density at radius 1 is 1.90 bits per heavy atom. The van der Waals surface area contributed by atoms with Crippen molar-refractivity contribution < 1.29 is 4.79 Å². The highest BCUT2D eigenvalue weighted by atomic mass is 16.1. The summed E-state index contributed by atoms with van der Waals surface area (Å²) in [5.41, 5.74) is 0.673. The number of H-pyrrole nitrogens is 1. The molecule has 0 aliphatic carbocycles. The number of ketones is 1. The zero-order valence-corrected chi connectivity index (χ0v) is 5.16. The molecule has 0 radical (unpaired) electrons. The largest absolute Gasteiger partial charge is 0.348 e. The number of nitrogens with one attached hydrogen (secondary N) is 1. The quantitative estimate of drug-likeness (QED) is 0.582. The lowest BCUT2D eigenvalue weighted by molar-refractivity contribution is -0.113. The fraction of sp³-hybridized carbons (Fsp3) is 0.167. The minimum absolute atomic E-state index is 0.122. The molecule has 0 fully saturated rings. The number of rotatable bonds is 2. The van der Waals surface area contributed by atoms with Gasteiger partial charge in [0.15, 0.2) is 0 Å². The molecule has 0 saturated carbocycles. The average molecular weight is 135 g/mol. The van der Waals surface area contributed by atoms with Crippen LogP contribution in [0.15, 0.2) is 12.5 Å². The molecule has 0 atom stereocenters. The van der Waals surface area contributed by atoms with Crippen molar-refractivity contribution in [2.24, 2.45) is 0 Å². The molecule has 0 aliphatic heterocycles. The third-order valence-electron chi connectivity index (χ3n) is 1.03. The van der Waals surface area contributed by atoms with Gasteiger partial charge < -0.3 is 4.98 Å². The van der Waals surface area contributed by atoms with Crippen molar-refractivity contribution in [2.45, 2.75) is 6.42 Å². The van der Waals surface area contributed by atoms with Crippen LogP contribution < -0.4 is 0 Å². The van der Waals surface area contributed by atoms with Gasteiger partial charge in [-0.2, -0.15) is 5.26 Å². The van der Waals surface area contributed by atoms with Crippen molar-refractivity contribution >= 4 is 5.78 Å². The number of Topliss-reactive ketones (excluding diaryl/α,β-unsaturated/α-hetero) is 1. The Morgan fingerprint density at radius 2 is 2.70 bits per heavy atom. The number of imidazole rings is 1. The maximum atomic E-state index is 10.5. The van der Waals surface area contributed by atoms with E-state index in [2.05, 4.69) is 9.97 Å². The summed E-state index contributed by atoms with van der Waals surface area (Å²) in [7, 11) is 0. The molecule has 0 bridgehead atoms. The van der Waals surface area contributed by atoms with Crippen LogP contribution in [-0.2, 0) is 11.2 Å². The molecule has 4 nitrogen and oxygen atoms in total. The van der Waals surface area contributed by atoms with Gasteiger partial charge in [0.05, 0.1) is 12.7 Å². The molecule has 0 aromatic carbocycles. The van der Waals surface area contributed by atoms with Crippen molar-refractivity contribution in [3.05, 3.63) is 18.2 Å². The standard InChI is InChI=1S/C6H5N3O/c7-2-6(10)1-5-3-8-4-9-5/h3-4H,1H2,(H,8,9). The monoisotopic (exact) mass is 135 g/mol. The summed E-state index contributed by atoms with van der Waals surface area (Å²) in [6, 6.07) is 1.52. The van der Waals surface area contributed by atoms with Crippen molar-refractivity contribution in [2.75, 3.05) is 0 Å². The zero-order chi connectivity index (χ0) is 7.40. The Kier molecular flexibility index (Phi) is 1.80. The number of hydrogen-bond donors (Lipinski definition) is 1. The van der Waals surface area contributed by atoms with Gasteiger partial charge in [-0.05, 0) is 0 Å². The third kappa shape index (κ3) is 1.42. The molecule has 1 aromatic rings. The van der Waals surface area contributed by atoms with E-state index in [-0.39, 0.29) is 6.42 Å². The summed E-state index contributed by atoms with van der Waals surface area (Å²) in [6.07, 6.45) is 3.12. The average Bonchev–Trinajstić information content (AvgIpc) is 2.40. The van der Waals surface area contributed by atoms with Crippen LogP contribution >= 0.6 is 0 Å². The molecule has 50 valence electrons. The molecule has 0 saturated heterocycles. The number of nitrogens with zero attached hydrogens (tertiary/aromatic N) is 2. The highest BCUT2D eigenvalue weighted by molar-refractivity contribution is 5.94. The van der Waals surface area contributed by atoms with E-state index in [0.29, 0.717) is 5.69 Å². The molecular weight excluding hydrogens is 130 g/mol. The summed E-state index contributed by atoms with van der Waals surface area (Å²) in [4.78, 5) is 16.9. The van der Waals surface area contributed by atoms with Gasteiger partial charge in [-0.15, -0.1) is 0 Å². The Morgan fingerprint density at radius 3 is 3.20 bits per heavy atom. The number of hydrogen-bond acceptors (Lipinski definition) is 3. The SMILES string of the molecule is N#CC(=O)Cc1cnc[nH]1. The van der Waals surface area contributed by atoms with Crippen LogP contribution in [0.2, 0.25) is 0 Å². The van der Waals surface area contributed by atoms with Gasteiger partial charge in [0.2, 0.25) is 5.78 Å². The van der Waals surface area contributed by atoms with Gasteiger partial charge in [0.25, 0.3) is 0 Å². The van der Waals surface area contributed by atoms with Crippen LogP contribution in [0, 0.1) is 11.3 Å². The second-order valence-electron chi connectivity index (χ2n) is 1.79.